The first-order valence-electron chi connectivity index (χ1n) is 13.3. The van der Waals surface area contributed by atoms with Crippen molar-refractivity contribution in [3.8, 4) is 5.75 Å². The number of carbonyl (C=O) groups excluding carboxylic acids is 2. The molecule has 40 heavy (non-hydrogen) atoms. The summed E-state index contributed by atoms with van der Waals surface area (Å²) in [7, 11) is 1.77. The molecule has 2 atom stereocenters. The molecule has 1 aromatic heterocycles. The van der Waals surface area contributed by atoms with Crippen molar-refractivity contribution >= 4 is 11.8 Å². The van der Waals surface area contributed by atoms with Crippen molar-refractivity contribution in [1.29, 1.82) is 0 Å². The van der Waals surface area contributed by atoms with Crippen molar-refractivity contribution in [2.45, 2.75) is 26.0 Å². The Labute approximate surface area is 229 Å². The number of amides is 2. The number of carbonyl (C=O) groups is 2. The second-order valence-corrected chi connectivity index (χ2v) is 11.0. The Balaban J connectivity index is 1.08. The predicted octanol–water partition coefficient (Wildman–Crippen LogP) is 3.68. The van der Waals surface area contributed by atoms with Crippen molar-refractivity contribution < 1.29 is 27.5 Å². The molecule has 0 spiro atoms. The number of hydrogen-bond donors (Lipinski definition) is 0. The van der Waals surface area contributed by atoms with E-state index < -0.39 is 6.36 Å². The first-order valence-corrected chi connectivity index (χ1v) is 13.3. The maximum atomic E-state index is 13.4. The number of alkyl halides is 3. The highest BCUT2D eigenvalue weighted by Crippen LogP contribution is 2.52. The van der Waals surface area contributed by atoms with Crippen LogP contribution in [0.25, 0.3) is 0 Å². The zero-order valence-corrected chi connectivity index (χ0v) is 22.1. The van der Waals surface area contributed by atoms with E-state index in [1.165, 1.54) is 29.3 Å². The smallest absolute Gasteiger partial charge is 0.406 e. The SMILES string of the molecule is Cn1cnc(C(=O)N(Cc2cccc(OC(F)(F)F)c2)CC2C3CN(CC(=O)N4Cc5ccccc5C4)CC32)c1. The number of fused-ring (bicyclic) bond motifs is 2. The van der Waals surface area contributed by atoms with E-state index in [2.05, 4.69) is 26.8 Å². The van der Waals surface area contributed by atoms with E-state index in [4.69, 9.17) is 0 Å². The van der Waals surface area contributed by atoms with Crippen LogP contribution in [0.3, 0.4) is 0 Å². The van der Waals surface area contributed by atoms with Gasteiger partial charge in [0, 0.05) is 52.5 Å². The number of hydrogen-bond acceptors (Lipinski definition) is 5. The topological polar surface area (TPSA) is 70.9 Å². The maximum Gasteiger partial charge on any atom is 0.573 e. The fourth-order valence-corrected chi connectivity index (χ4v) is 6.16. The summed E-state index contributed by atoms with van der Waals surface area (Å²) in [6.45, 7) is 3.88. The molecule has 1 saturated carbocycles. The third kappa shape index (κ3) is 5.70. The molecule has 1 saturated heterocycles. The van der Waals surface area contributed by atoms with Gasteiger partial charge in [-0.25, -0.2) is 4.98 Å². The van der Waals surface area contributed by atoms with E-state index in [0.717, 1.165) is 13.1 Å². The van der Waals surface area contributed by atoms with Crippen molar-refractivity contribution in [3.63, 3.8) is 0 Å². The summed E-state index contributed by atoms with van der Waals surface area (Å²) in [5, 5.41) is 0. The Morgan fingerprint density at radius 2 is 1.75 bits per heavy atom. The third-order valence-electron chi connectivity index (χ3n) is 8.15. The molecule has 11 heteroatoms. The first kappa shape index (κ1) is 26.4. The number of aromatic nitrogens is 2. The highest BCUT2D eigenvalue weighted by atomic mass is 19.4. The summed E-state index contributed by atoms with van der Waals surface area (Å²) in [6.07, 6.45) is -1.61. The molecule has 2 amide bonds. The van der Waals surface area contributed by atoms with Crippen LogP contribution < -0.4 is 4.74 Å². The number of aryl methyl sites for hydroxylation is 1. The Morgan fingerprint density at radius 1 is 1.05 bits per heavy atom. The number of imidazole rings is 1. The normalized spacial score (nSPS) is 21.7. The molecule has 6 rings (SSSR count). The summed E-state index contributed by atoms with van der Waals surface area (Å²) < 4.78 is 44.0. The van der Waals surface area contributed by atoms with Crippen LogP contribution in [0.4, 0.5) is 13.2 Å². The third-order valence-corrected chi connectivity index (χ3v) is 8.15. The van der Waals surface area contributed by atoms with Crippen LogP contribution >= 0.6 is 0 Å². The first-order chi connectivity index (χ1) is 19.1. The summed E-state index contributed by atoms with van der Waals surface area (Å²) in [5.74, 6) is 0.560. The fraction of sp³-hybridized carbons (Fsp3) is 0.414. The summed E-state index contributed by atoms with van der Waals surface area (Å²) in [5.41, 5.74) is 3.23. The van der Waals surface area contributed by atoms with Crippen LogP contribution in [-0.4, -0.2) is 68.6 Å². The number of benzene rings is 2. The molecule has 2 aliphatic heterocycles. The van der Waals surface area contributed by atoms with E-state index in [1.54, 1.807) is 35.1 Å². The Morgan fingerprint density at radius 3 is 2.38 bits per heavy atom. The minimum atomic E-state index is -4.79. The van der Waals surface area contributed by atoms with Crippen molar-refractivity contribution in [2.75, 3.05) is 26.2 Å². The van der Waals surface area contributed by atoms with Crippen LogP contribution in [0.1, 0.15) is 27.2 Å². The van der Waals surface area contributed by atoms with Gasteiger partial charge in [-0.05, 0) is 46.6 Å². The predicted molar refractivity (Wildman–Crippen MR) is 139 cm³/mol. The highest BCUT2D eigenvalue weighted by molar-refractivity contribution is 5.92. The molecule has 3 aromatic rings. The number of rotatable bonds is 8. The Hall–Kier alpha value is -3.86. The lowest BCUT2D eigenvalue weighted by atomic mass is 10.1. The second kappa shape index (κ2) is 10.3. The summed E-state index contributed by atoms with van der Waals surface area (Å²) >= 11 is 0. The Kier molecular flexibility index (Phi) is 6.77. The molecule has 3 aliphatic rings. The molecular formula is C29H30F3N5O3. The van der Waals surface area contributed by atoms with E-state index in [1.807, 2.05) is 17.0 Å². The van der Waals surface area contributed by atoms with Crippen LogP contribution in [0, 0.1) is 17.8 Å². The van der Waals surface area contributed by atoms with Gasteiger partial charge in [-0.3, -0.25) is 14.5 Å². The number of halogens is 3. The average molecular weight is 554 g/mol. The van der Waals surface area contributed by atoms with Crippen LogP contribution in [-0.2, 0) is 31.5 Å². The van der Waals surface area contributed by atoms with Gasteiger partial charge in [0.2, 0.25) is 5.91 Å². The van der Waals surface area contributed by atoms with Crippen molar-refractivity contribution in [2.24, 2.45) is 24.8 Å². The van der Waals surface area contributed by atoms with Gasteiger partial charge < -0.3 is 19.1 Å². The van der Waals surface area contributed by atoms with Gasteiger partial charge in [0.1, 0.15) is 11.4 Å². The Bertz CT molecular complexity index is 1390. The molecule has 3 heterocycles. The number of likely N-dealkylation sites (tertiary alicyclic amines) is 1. The average Bonchev–Trinajstić information content (AvgIpc) is 3.34. The van der Waals surface area contributed by atoms with E-state index in [-0.39, 0.29) is 35.7 Å². The van der Waals surface area contributed by atoms with E-state index in [9.17, 15) is 22.8 Å². The van der Waals surface area contributed by atoms with Crippen molar-refractivity contribution in [3.05, 3.63) is 83.4 Å². The van der Waals surface area contributed by atoms with Gasteiger partial charge in [0.15, 0.2) is 0 Å². The molecule has 0 N–H and O–H groups in total. The maximum absolute atomic E-state index is 13.4. The molecule has 2 unspecified atom stereocenters. The molecule has 2 aromatic carbocycles. The largest absolute Gasteiger partial charge is 0.573 e. The van der Waals surface area contributed by atoms with Gasteiger partial charge in [-0.15, -0.1) is 13.2 Å². The lowest BCUT2D eigenvalue weighted by Crippen LogP contribution is -2.39. The number of piperidine rings is 1. The molecule has 210 valence electrons. The van der Waals surface area contributed by atoms with Gasteiger partial charge in [-0.1, -0.05) is 36.4 Å². The monoisotopic (exact) mass is 553 g/mol. The van der Waals surface area contributed by atoms with Crippen LogP contribution in [0.15, 0.2) is 61.1 Å². The van der Waals surface area contributed by atoms with Crippen LogP contribution in [0.5, 0.6) is 5.75 Å². The zero-order chi connectivity index (χ0) is 28.0. The molecule has 0 bridgehead atoms. The van der Waals surface area contributed by atoms with E-state index in [0.29, 0.717) is 43.6 Å². The molecular weight excluding hydrogens is 523 g/mol. The minimum absolute atomic E-state index is 0.127. The van der Waals surface area contributed by atoms with Gasteiger partial charge >= 0.3 is 6.36 Å². The highest BCUT2D eigenvalue weighted by Gasteiger charge is 2.56. The van der Waals surface area contributed by atoms with Gasteiger partial charge in [0.25, 0.3) is 5.91 Å². The molecule has 2 fully saturated rings. The minimum Gasteiger partial charge on any atom is -0.406 e. The lowest BCUT2D eigenvalue weighted by Gasteiger charge is -2.26. The quantitative estimate of drug-likeness (QED) is 0.426. The van der Waals surface area contributed by atoms with Gasteiger partial charge in [0.05, 0.1) is 12.9 Å². The zero-order valence-electron chi connectivity index (χ0n) is 22.1. The fourth-order valence-electron chi connectivity index (χ4n) is 6.16. The molecule has 0 radical (unpaired) electrons. The number of ether oxygens (including phenoxy) is 1. The number of nitrogens with zero attached hydrogens (tertiary/aromatic N) is 5. The van der Waals surface area contributed by atoms with Gasteiger partial charge in [-0.2, -0.15) is 0 Å². The van der Waals surface area contributed by atoms with E-state index >= 15 is 0 Å². The second-order valence-electron chi connectivity index (χ2n) is 11.0. The summed E-state index contributed by atoms with van der Waals surface area (Å²) in [6, 6.07) is 13.8. The standard InChI is InChI=1S/C29H30F3N5O3/c1-34-16-26(33-18-34)28(39)37(10-19-5-4-8-22(9-19)40-29(30,31)32)15-25-23-13-35(14-24(23)25)17-27(38)36-11-20-6-2-3-7-21(20)12-36/h2-9,16,18,23-25H,10-15,17H2,1H3. The molecule has 8 nitrogen and oxygen atoms in total. The molecule has 1 aliphatic carbocycles. The van der Waals surface area contributed by atoms with Crippen LogP contribution in [0.2, 0.25) is 0 Å². The summed E-state index contributed by atoms with van der Waals surface area (Å²) in [4.78, 5) is 36.3. The van der Waals surface area contributed by atoms with Crippen molar-refractivity contribution in [1.82, 2.24) is 24.3 Å². The lowest BCUT2D eigenvalue weighted by molar-refractivity contribution is -0.274.